The number of carbonyl (C=O) groups excluding carboxylic acids is 1. The van der Waals surface area contributed by atoms with E-state index in [2.05, 4.69) is 41.4 Å². The summed E-state index contributed by atoms with van der Waals surface area (Å²) in [7, 11) is 0. The lowest BCUT2D eigenvalue weighted by molar-refractivity contribution is -0.125. The van der Waals surface area contributed by atoms with Crippen LogP contribution in [0.5, 0.6) is 5.75 Å². The van der Waals surface area contributed by atoms with Crippen molar-refractivity contribution in [1.29, 1.82) is 0 Å². The Labute approximate surface area is 203 Å². The number of piperidine rings is 1. The third-order valence-electron chi connectivity index (χ3n) is 6.14. The number of anilines is 1. The Kier molecular flexibility index (Phi) is 6.49. The Bertz CT molecular complexity index is 1230. The maximum absolute atomic E-state index is 12.9. The number of carbonyl (C=O) groups is 1. The van der Waals surface area contributed by atoms with Crippen LogP contribution in [0.1, 0.15) is 30.9 Å². The smallest absolute Gasteiger partial charge is 0.225 e. The molecule has 34 heavy (non-hydrogen) atoms. The van der Waals surface area contributed by atoms with Crippen LogP contribution in [0.4, 0.5) is 5.13 Å². The first-order valence-electron chi connectivity index (χ1n) is 11.8. The molecule has 2 aromatic carbocycles. The highest BCUT2D eigenvalue weighted by Crippen LogP contribution is 2.30. The van der Waals surface area contributed by atoms with Crippen molar-refractivity contribution in [3.63, 3.8) is 0 Å². The van der Waals surface area contributed by atoms with Gasteiger partial charge in [0.2, 0.25) is 16.0 Å². The van der Waals surface area contributed by atoms with Gasteiger partial charge in [-0.05, 0) is 44.4 Å². The zero-order valence-electron chi connectivity index (χ0n) is 19.5. The van der Waals surface area contributed by atoms with Crippen molar-refractivity contribution in [3.05, 3.63) is 65.9 Å². The van der Waals surface area contributed by atoms with Gasteiger partial charge in [-0.15, -0.1) is 5.10 Å². The molecule has 4 aromatic rings. The average molecular weight is 476 g/mol. The third-order valence-corrected chi connectivity index (χ3v) is 7.13. The van der Waals surface area contributed by atoms with E-state index in [-0.39, 0.29) is 11.8 Å². The zero-order chi connectivity index (χ0) is 23.5. The van der Waals surface area contributed by atoms with Crippen molar-refractivity contribution in [2.75, 3.05) is 24.6 Å². The molecule has 2 aromatic heterocycles. The molecule has 1 aliphatic rings. The van der Waals surface area contributed by atoms with Crippen LogP contribution in [0.15, 0.2) is 54.7 Å². The van der Waals surface area contributed by atoms with Gasteiger partial charge < -0.3 is 15.0 Å². The second-order valence-electron chi connectivity index (χ2n) is 8.68. The largest absolute Gasteiger partial charge is 0.494 e. The number of nitrogens with zero attached hydrogens (tertiary/aromatic N) is 4. The van der Waals surface area contributed by atoms with Crippen LogP contribution in [-0.2, 0) is 11.3 Å². The Morgan fingerprint density at radius 1 is 1.18 bits per heavy atom. The summed E-state index contributed by atoms with van der Waals surface area (Å²) in [5.41, 5.74) is 4.31. The fraction of sp³-hybridized carbons (Fsp3) is 0.346. The molecule has 3 heterocycles. The Morgan fingerprint density at radius 2 is 1.97 bits per heavy atom. The predicted molar refractivity (Wildman–Crippen MR) is 135 cm³/mol. The number of rotatable bonds is 7. The van der Waals surface area contributed by atoms with E-state index in [0.29, 0.717) is 19.7 Å². The van der Waals surface area contributed by atoms with Crippen LogP contribution >= 0.6 is 11.3 Å². The number of nitrogens with one attached hydrogen (secondary N) is 1. The summed E-state index contributed by atoms with van der Waals surface area (Å²) in [5.74, 6) is 0.902. The second-order valence-corrected chi connectivity index (χ2v) is 9.62. The van der Waals surface area contributed by atoms with E-state index in [9.17, 15) is 4.79 Å². The number of benzene rings is 2. The molecule has 1 fully saturated rings. The third kappa shape index (κ3) is 4.92. The highest BCUT2D eigenvalue weighted by Gasteiger charge is 2.27. The molecule has 8 heteroatoms. The van der Waals surface area contributed by atoms with Gasteiger partial charge in [-0.25, -0.2) is 9.50 Å². The number of hydrogen-bond acceptors (Lipinski definition) is 6. The number of aromatic nitrogens is 3. The van der Waals surface area contributed by atoms with Gasteiger partial charge in [-0.2, -0.15) is 0 Å². The molecule has 0 aliphatic carbocycles. The summed E-state index contributed by atoms with van der Waals surface area (Å²) in [6.45, 7) is 6.80. The van der Waals surface area contributed by atoms with Crippen LogP contribution in [-0.4, -0.2) is 40.2 Å². The minimum absolute atomic E-state index is 0.0456. The molecule has 176 valence electrons. The van der Waals surface area contributed by atoms with Gasteiger partial charge in [0, 0.05) is 25.2 Å². The lowest BCUT2D eigenvalue weighted by atomic mass is 9.97. The number of ether oxygens (including phenoxy) is 1. The predicted octanol–water partition coefficient (Wildman–Crippen LogP) is 4.70. The Hall–Kier alpha value is -3.39. The first kappa shape index (κ1) is 22.4. The molecule has 5 rings (SSSR count). The first-order valence-corrected chi connectivity index (χ1v) is 12.6. The second kappa shape index (κ2) is 9.85. The summed E-state index contributed by atoms with van der Waals surface area (Å²) in [5, 5.41) is 8.79. The minimum atomic E-state index is -0.0456. The zero-order valence-corrected chi connectivity index (χ0v) is 20.3. The van der Waals surface area contributed by atoms with Crippen LogP contribution in [0.25, 0.3) is 16.2 Å². The van der Waals surface area contributed by atoms with E-state index in [0.717, 1.165) is 52.0 Å². The van der Waals surface area contributed by atoms with Gasteiger partial charge >= 0.3 is 0 Å². The normalized spacial score (nSPS) is 16.1. The lowest BCUT2D eigenvalue weighted by Crippen LogP contribution is -2.43. The molecule has 7 nitrogen and oxygen atoms in total. The summed E-state index contributed by atoms with van der Waals surface area (Å²) >= 11 is 1.57. The fourth-order valence-electron chi connectivity index (χ4n) is 4.25. The maximum Gasteiger partial charge on any atom is 0.225 e. The van der Waals surface area contributed by atoms with E-state index >= 15 is 0 Å². The molecule has 0 unspecified atom stereocenters. The summed E-state index contributed by atoms with van der Waals surface area (Å²) in [6, 6.07) is 16.2. The Morgan fingerprint density at radius 3 is 2.71 bits per heavy atom. The van der Waals surface area contributed by atoms with Gasteiger partial charge in [0.25, 0.3) is 0 Å². The van der Waals surface area contributed by atoms with Crippen molar-refractivity contribution in [2.45, 2.75) is 33.2 Å². The molecule has 1 amide bonds. The van der Waals surface area contributed by atoms with Crippen molar-refractivity contribution in [1.82, 2.24) is 19.9 Å². The van der Waals surface area contributed by atoms with Crippen molar-refractivity contribution >= 4 is 27.3 Å². The molecule has 1 N–H and O–H groups in total. The topological polar surface area (TPSA) is 71.8 Å². The molecule has 0 saturated carbocycles. The van der Waals surface area contributed by atoms with E-state index < -0.39 is 0 Å². The van der Waals surface area contributed by atoms with Gasteiger partial charge in [0.15, 0.2) is 0 Å². The van der Waals surface area contributed by atoms with Crippen LogP contribution < -0.4 is 15.0 Å². The molecule has 1 atom stereocenters. The monoisotopic (exact) mass is 475 g/mol. The number of aryl methyl sites for hydroxylation is 1. The summed E-state index contributed by atoms with van der Waals surface area (Å²) in [6.07, 6.45) is 3.84. The van der Waals surface area contributed by atoms with Crippen LogP contribution in [0.3, 0.4) is 0 Å². The van der Waals surface area contributed by atoms with Crippen molar-refractivity contribution in [3.8, 4) is 17.0 Å². The average Bonchev–Trinajstić information content (AvgIpc) is 3.44. The molecule has 0 spiro atoms. The van der Waals surface area contributed by atoms with Crippen molar-refractivity contribution in [2.24, 2.45) is 5.92 Å². The van der Waals surface area contributed by atoms with E-state index in [1.54, 1.807) is 11.3 Å². The van der Waals surface area contributed by atoms with E-state index in [1.807, 2.05) is 41.9 Å². The quantitative estimate of drug-likeness (QED) is 0.420. The van der Waals surface area contributed by atoms with Gasteiger partial charge in [0.05, 0.1) is 24.4 Å². The number of imidazole rings is 1. The standard InChI is InChI=1S/C26H29N5O2S/c1-3-33-22-12-8-19(9-13-22)15-27-24(32)21-5-4-14-30(16-21)26-29-31-17-23(28-25(31)34-26)20-10-6-18(2)7-11-20/h6-13,17,21H,3-5,14-16H2,1-2H3,(H,27,32)/t21-/m1/s1. The molecule has 0 bridgehead atoms. The number of hydrogen-bond donors (Lipinski definition) is 1. The summed E-state index contributed by atoms with van der Waals surface area (Å²) < 4.78 is 7.33. The van der Waals surface area contributed by atoms with Crippen molar-refractivity contribution < 1.29 is 9.53 Å². The molecular formula is C26H29N5O2S. The molecule has 1 aliphatic heterocycles. The van der Waals surface area contributed by atoms with Crippen LogP contribution in [0.2, 0.25) is 0 Å². The van der Waals surface area contributed by atoms with Gasteiger partial charge in [-0.1, -0.05) is 53.3 Å². The minimum Gasteiger partial charge on any atom is -0.494 e. The summed E-state index contributed by atoms with van der Waals surface area (Å²) in [4.78, 5) is 20.7. The Balaban J connectivity index is 1.20. The lowest BCUT2D eigenvalue weighted by Gasteiger charge is -2.31. The van der Waals surface area contributed by atoms with E-state index in [1.165, 1.54) is 5.56 Å². The molecular weight excluding hydrogens is 446 g/mol. The first-order chi connectivity index (χ1) is 16.6. The van der Waals surface area contributed by atoms with E-state index in [4.69, 9.17) is 14.8 Å². The number of fused-ring (bicyclic) bond motifs is 1. The fourth-order valence-corrected chi connectivity index (χ4v) is 5.17. The highest BCUT2D eigenvalue weighted by molar-refractivity contribution is 7.20. The molecule has 0 radical (unpaired) electrons. The van der Waals surface area contributed by atoms with Gasteiger partial charge in [0.1, 0.15) is 5.75 Å². The SMILES string of the molecule is CCOc1ccc(CNC(=O)[C@@H]2CCCN(c3nn4cc(-c5ccc(C)cc5)nc4s3)C2)cc1. The van der Waals surface area contributed by atoms with Gasteiger partial charge in [-0.3, -0.25) is 4.79 Å². The molecule has 1 saturated heterocycles. The number of amides is 1. The van der Waals surface area contributed by atoms with Crippen LogP contribution in [0, 0.1) is 12.8 Å². The highest BCUT2D eigenvalue weighted by atomic mass is 32.1. The maximum atomic E-state index is 12.9.